The quantitative estimate of drug-likeness (QED) is 0.0973. The molecule has 19 atom stereocenters. The number of aliphatic hydroxyl groups is 14. The van der Waals surface area contributed by atoms with Crippen LogP contribution in [0, 0.1) is 0 Å². The molecule has 21 heteroatoms. The molecule has 0 aliphatic carbocycles. The fraction of sp³-hybridized carbons (Fsp3) is 1.00. The van der Waals surface area contributed by atoms with Crippen molar-refractivity contribution in [3.63, 3.8) is 0 Å². The average molecular weight is 667 g/mol. The third-order valence-electron chi connectivity index (χ3n) is 8.26. The monoisotopic (exact) mass is 666 g/mol. The highest BCUT2D eigenvalue weighted by molar-refractivity contribution is 4.99. The predicted octanol–water partition coefficient (Wildman–Crippen LogP) is -9.75. The minimum Gasteiger partial charge on any atom is -0.394 e. The summed E-state index contributed by atoms with van der Waals surface area (Å²) in [7, 11) is 0. The summed E-state index contributed by atoms with van der Waals surface area (Å²) in [6.07, 6.45) is -31.4. The molecule has 4 aliphatic heterocycles. The fourth-order valence-electron chi connectivity index (χ4n) is 5.39. The molecule has 4 aliphatic rings. The maximum absolute atomic E-state index is 10.5. The van der Waals surface area contributed by atoms with E-state index in [9.17, 15) is 71.5 Å². The van der Waals surface area contributed by atoms with Crippen LogP contribution in [0.25, 0.3) is 0 Å². The molecule has 0 radical (unpaired) electrons. The largest absolute Gasteiger partial charge is 0.394 e. The van der Waals surface area contributed by atoms with Gasteiger partial charge in [0.05, 0.1) is 26.4 Å². The minimum atomic E-state index is -2.43. The Morgan fingerprint density at radius 1 is 0.444 bits per heavy atom. The van der Waals surface area contributed by atoms with Crippen LogP contribution in [0.1, 0.15) is 0 Å². The van der Waals surface area contributed by atoms with E-state index in [1.54, 1.807) is 0 Å². The summed E-state index contributed by atoms with van der Waals surface area (Å²) in [5, 5.41) is 141. The zero-order valence-electron chi connectivity index (χ0n) is 23.5. The first kappa shape index (κ1) is 37.0. The van der Waals surface area contributed by atoms with Gasteiger partial charge in [0.25, 0.3) is 0 Å². The zero-order chi connectivity index (χ0) is 33.4. The van der Waals surface area contributed by atoms with Crippen LogP contribution in [-0.2, 0) is 33.2 Å². The first-order valence-corrected chi connectivity index (χ1v) is 14.1. The van der Waals surface area contributed by atoms with E-state index >= 15 is 0 Å². The van der Waals surface area contributed by atoms with Gasteiger partial charge in [-0.1, -0.05) is 0 Å². The molecule has 4 heterocycles. The lowest BCUT2D eigenvalue weighted by Gasteiger charge is -2.45. The Bertz CT molecular complexity index is 931. The van der Waals surface area contributed by atoms with E-state index in [0.717, 1.165) is 0 Å². The maximum Gasteiger partial charge on any atom is 0.224 e. The van der Waals surface area contributed by atoms with Gasteiger partial charge in [-0.05, 0) is 0 Å². The molecule has 0 saturated carbocycles. The summed E-state index contributed by atoms with van der Waals surface area (Å²) >= 11 is 0. The molecule has 14 N–H and O–H groups in total. The van der Waals surface area contributed by atoms with Crippen LogP contribution in [0.3, 0.4) is 0 Å². The smallest absolute Gasteiger partial charge is 0.224 e. The highest BCUT2D eigenvalue weighted by atomic mass is 16.8. The topological polar surface area (TPSA) is 348 Å². The Kier molecular flexibility index (Phi) is 12.5. The molecule has 0 unspecified atom stereocenters. The molecular formula is C24H42O21. The van der Waals surface area contributed by atoms with Crippen LogP contribution in [0.2, 0.25) is 0 Å². The van der Waals surface area contributed by atoms with Crippen molar-refractivity contribution >= 4 is 0 Å². The molecular weight excluding hydrogens is 624 g/mol. The second kappa shape index (κ2) is 15.1. The van der Waals surface area contributed by atoms with Crippen LogP contribution in [0.5, 0.6) is 0 Å². The summed E-state index contributed by atoms with van der Waals surface area (Å²) < 4.78 is 37.6. The summed E-state index contributed by atoms with van der Waals surface area (Å²) in [5.74, 6) is -2.43. The number of hydrogen-bond acceptors (Lipinski definition) is 21. The summed E-state index contributed by atoms with van der Waals surface area (Å²) in [5.41, 5.74) is 0. The van der Waals surface area contributed by atoms with E-state index in [1.807, 2.05) is 0 Å². The van der Waals surface area contributed by atoms with E-state index in [0.29, 0.717) is 0 Å². The highest BCUT2D eigenvalue weighted by Gasteiger charge is 2.58. The molecule has 45 heavy (non-hydrogen) atoms. The third-order valence-corrected chi connectivity index (χ3v) is 8.26. The molecule has 0 aromatic rings. The van der Waals surface area contributed by atoms with Crippen molar-refractivity contribution in [2.45, 2.75) is 116 Å². The molecule has 264 valence electrons. The van der Waals surface area contributed by atoms with Crippen LogP contribution in [-0.4, -0.2) is 221 Å². The van der Waals surface area contributed by atoms with Gasteiger partial charge < -0.3 is 105 Å². The first-order chi connectivity index (χ1) is 21.2. The molecule has 4 fully saturated rings. The summed E-state index contributed by atoms with van der Waals surface area (Å²) in [4.78, 5) is 0. The lowest BCUT2D eigenvalue weighted by atomic mass is 9.98. The van der Waals surface area contributed by atoms with Crippen molar-refractivity contribution in [1.82, 2.24) is 0 Å². The molecule has 0 spiro atoms. The van der Waals surface area contributed by atoms with Crippen molar-refractivity contribution in [3.8, 4) is 0 Å². The lowest BCUT2D eigenvalue weighted by Crippen LogP contribution is -2.64. The Morgan fingerprint density at radius 2 is 0.844 bits per heavy atom. The van der Waals surface area contributed by atoms with E-state index in [1.165, 1.54) is 0 Å². The number of aliphatic hydroxyl groups excluding tert-OH is 14. The summed E-state index contributed by atoms with van der Waals surface area (Å²) in [6, 6.07) is 0. The van der Waals surface area contributed by atoms with E-state index in [4.69, 9.17) is 33.2 Å². The van der Waals surface area contributed by atoms with Gasteiger partial charge in [0.1, 0.15) is 98.2 Å². The van der Waals surface area contributed by atoms with E-state index in [-0.39, 0.29) is 0 Å². The molecule has 4 rings (SSSR count). The molecule has 0 aromatic heterocycles. The van der Waals surface area contributed by atoms with Crippen LogP contribution in [0.15, 0.2) is 0 Å². The van der Waals surface area contributed by atoms with Gasteiger partial charge in [-0.3, -0.25) is 0 Å². The van der Waals surface area contributed by atoms with Gasteiger partial charge >= 0.3 is 0 Å². The van der Waals surface area contributed by atoms with Gasteiger partial charge in [-0.15, -0.1) is 0 Å². The standard InChI is InChI=1S/C24H42O21/c25-1-6-10(28)14(32)17(35)21(41-6)39-3-8-11(29)15(33)18(36)22(42-8)40-4-9-12(30)16(34)19(37)23(43-9)45-24(5-27)20(38)13(31)7(2-26)44-24/h6-23,25-38H,1-5H2/t6-,7-,8-,9-,10+,11+,12-,13-,14+,15+,16+,17-,18-,19+,20+,21+,22+,23-,24+/m1/s1. The van der Waals surface area contributed by atoms with Gasteiger partial charge in [0.2, 0.25) is 5.79 Å². The molecule has 0 aromatic carbocycles. The Morgan fingerprint density at radius 3 is 1.27 bits per heavy atom. The molecule has 0 amide bonds. The van der Waals surface area contributed by atoms with Crippen molar-refractivity contribution in [1.29, 1.82) is 0 Å². The fourth-order valence-corrected chi connectivity index (χ4v) is 5.39. The molecule has 4 saturated heterocycles. The predicted molar refractivity (Wildman–Crippen MR) is 134 cm³/mol. The van der Waals surface area contributed by atoms with E-state index in [2.05, 4.69) is 0 Å². The van der Waals surface area contributed by atoms with Crippen molar-refractivity contribution in [2.75, 3.05) is 33.0 Å². The normalized spacial score (nSPS) is 52.7. The Balaban J connectivity index is 1.39. The summed E-state index contributed by atoms with van der Waals surface area (Å²) in [6.45, 7) is -4.02. The second-order valence-corrected chi connectivity index (χ2v) is 11.3. The first-order valence-electron chi connectivity index (χ1n) is 14.1. The third kappa shape index (κ3) is 7.29. The van der Waals surface area contributed by atoms with Gasteiger partial charge in [0.15, 0.2) is 18.9 Å². The Hall–Kier alpha value is -0.840. The van der Waals surface area contributed by atoms with E-state index < -0.39 is 149 Å². The SMILES string of the molecule is OC[C@H]1O[C@H](OC[C@H]2O[C@H](OC[C@H]3O[C@H](O[C@]4(CO)O[C@H](CO)[C@@H](O)[C@@H]4O)[C@@H](O)[C@@H](O)[C@@H]3O)[C@H](O)[C@@H](O)[C@H]2O)[C@H](O)[C@@H](O)[C@H]1O. The number of hydrogen-bond donors (Lipinski definition) is 14. The highest BCUT2D eigenvalue weighted by Crippen LogP contribution is 2.36. The average Bonchev–Trinajstić information content (AvgIpc) is 3.28. The van der Waals surface area contributed by atoms with Gasteiger partial charge in [0, 0.05) is 0 Å². The lowest BCUT2D eigenvalue weighted by molar-refractivity contribution is -0.388. The van der Waals surface area contributed by atoms with Gasteiger partial charge in [-0.2, -0.15) is 0 Å². The maximum atomic E-state index is 10.5. The number of ether oxygens (including phenoxy) is 7. The molecule has 0 bridgehead atoms. The minimum absolute atomic E-state index is 0.650. The Labute approximate surface area is 254 Å². The number of rotatable bonds is 11. The second-order valence-electron chi connectivity index (χ2n) is 11.3. The van der Waals surface area contributed by atoms with Gasteiger partial charge in [-0.25, -0.2) is 0 Å². The van der Waals surface area contributed by atoms with Crippen LogP contribution in [0.4, 0.5) is 0 Å². The van der Waals surface area contributed by atoms with Crippen LogP contribution < -0.4 is 0 Å². The van der Waals surface area contributed by atoms with Crippen molar-refractivity contribution in [3.05, 3.63) is 0 Å². The van der Waals surface area contributed by atoms with Crippen molar-refractivity contribution < 1.29 is 105 Å². The van der Waals surface area contributed by atoms with Crippen molar-refractivity contribution in [2.24, 2.45) is 0 Å². The molecule has 21 nitrogen and oxygen atoms in total. The zero-order valence-corrected chi connectivity index (χ0v) is 23.5. The van der Waals surface area contributed by atoms with Crippen LogP contribution >= 0.6 is 0 Å².